The molecule has 1 aromatic heterocycles. The second-order valence-electron chi connectivity index (χ2n) is 7.24. The minimum atomic E-state index is -0.761. The van der Waals surface area contributed by atoms with Gasteiger partial charge in [0, 0.05) is 30.6 Å². The molecule has 1 aliphatic rings. The van der Waals surface area contributed by atoms with Crippen molar-refractivity contribution in [1.29, 1.82) is 0 Å². The van der Waals surface area contributed by atoms with Crippen LogP contribution < -0.4 is 10.4 Å². The van der Waals surface area contributed by atoms with Gasteiger partial charge >= 0.3 is 5.63 Å². The molecule has 2 aromatic carbocycles. The Morgan fingerprint density at radius 3 is 2.80 bits per heavy atom. The molecular formula is C23H22FNO5. The SMILES string of the molecule is COc1cccc2cc(C(=O)N(Cc3ccccc3F)CC3CCCO3)c(=O)oc12. The second-order valence-corrected chi connectivity index (χ2v) is 7.24. The highest BCUT2D eigenvalue weighted by Crippen LogP contribution is 2.25. The first-order valence-corrected chi connectivity index (χ1v) is 9.82. The number of benzene rings is 2. The van der Waals surface area contributed by atoms with Gasteiger partial charge in [0.15, 0.2) is 11.3 Å². The minimum absolute atomic E-state index is 0.0287. The van der Waals surface area contributed by atoms with Crippen LogP contribution in [-0.2, 0) is 11.3 Å². The number of hydrogen-bond acceptors (Lipinski definition) is 5. The van der Waals surface area contributed by atoms with Gasteiger partial charge in [-0.3, -0.25) is 4.79 Å². The summed E-state index contributed by atoms with van der Waals surface area (Å²) in [5, 5.41) is 0.570. The Morgan fingerprint density at radius 2 is 2.07 bits per heavy atom. The van der Waals surface area contributed by atoms with Crippen molar-refractivity contribution in [2.75, 3.05) is 20.3 Å². The van der Waals surface area contributed by atoms with Crippen LogP contribution in [-0.4, -0.2) is 37.2 Å². The summed E-state index contributed by atoms with van der Waals surface area (Å²) in [5.74, 6) is -0.517. The average Bonchev–Trinajstić information content (AvgIpc) is 3.26. The lowest BCUT2D eigenvalue weighted by Gasteiger charge is -2.25. The van der Waals surface area contributed by atoms with E-state index in [0.29, 0.717) is 23.3 Å². The Bertz CT molecular complexity index is 1120. The topological polar surface area (TPSA) is 69.0 Å². The maximum Gasteiger partial charge on any atom is 0.349 e. The lowest BCUT2D eigenvalue weighted by atomic mass is 10.1. The van der Waals surface area contributed by atoms with Crippen molar-refractivity contribution < 1.29 is 23.1 Å². The van der Waals surface area contributed by atoms with E-state index < -0.39 is 17.3 Å². The van der Waals surface area contributed by atoms with Crippen LogP contribution in [0.25, 0.3) is 11.0 Å². The molecule has 1 atom stereocenters. The van der Waals surface area contributed by atoms with E-state index in [4.69, 9.17) is 13.9 Å². The summed E-state index contributed by atoms with van der Waals surface area (Å²) in [6.45, 7) is 0.925. The number of amides is 1. The molecule has 0 radical (unpaired) electrons. The molecule has 7 heteroatoms. The van der Waals surface area contributed by atoms with E-state index in [0.717, 1.165) is 12.8 Å². The first-order valence-electron chi connectivity index (χ1n) is 9.82. The van der Waals surface area contributed by atoms with E-state index >= 15 is 0 Å². The Morgan fingerprint density at radius 1 is 1.23 bits per heavy atom. The quantitative estimate of drug-likeness (QED) is 0.578. The number of para-hydroxylation sites is 1. The van der Waals surface area contributed by atoms with Crippen molar-refractivity contribution >= 4 is 16.9 Å². The van der Waals surface area contributed by atoms with Gasteiger partial charge < -0.3 is 18.8 Å². The lowest BCUT2D eigenvalue weighted by Crippen LogP contribution is -2.39. The number of ether oxygens (including phenoxy) is 2. The summed E-state index contributed by atoms with van der Waals surface area (Å²) >= 11 is 0. The van der Waals surface area contributed by atoms with Crippen LogP contribution in [0.2, 0.25) is 0 Å². The second kappa shape index (κ2) is 8.67. The van der Waals surface area contributed by atoms with E-state index in [1.807, 2.05) is 0 Å². The predicted octanol–water partition coefficient (Wildman–Crippen LogP) is 3.76. The van der Waals surface area contributed by atoms with Crippen LogP contribution in [0.15, 0.2) is 57.7 Å². The number of carbonyl (C=O) groups excluding carboxylic acids is 1. The molecule has 4 rings (SSSR count). The Labute approximate surface area is 172 Å². The maximum absolute atomic E-state index is 14.2. The van der Waals surface area contributed by atoms with Crippen molar-refractivity contribution in [3.8, 4) is 5.75 Å². The summed E-state index contributed by atoms with van der Waals surface area (Å²) in [5.41, 5.74) is -0.218. The summed E-state index contributed by atoms with van der Waals surface area (Å²) in [4.78, 5) is 27.4. The molecule has 6 nitrogen and oxygen atoms in total. The first kappa shape index (κ1) is 20.1. The highest BCUT2D eigenvalue weighted by atomic mass is 19.1. The van der Waals surface area contributed by atoms with Gasteiger partial charge in [0.25, 0.3) is 5.91 Å². The lowest BCUT2D eigenvalue weighted by molar-refractivity contribution is 0.0502. The van der Waals surface area contributed by atoms with Gasteiger partial charge in [-0.2, -0.15) is 0 Å². The van der Waals surface area contributed by atoms with Gasteiger partial charge in [-0.25, -0.2) is 9.18 Å². The third-order valence-corrected chi connectivity index (χ3v) is 5.23. The molecule has 1 amide bonds. The molecule has 156 valence electrons. The van der Waals surface area contributed by atoms with Crippen LogP contribution in [0.4, 0.5) is 4.39 Å². The summed E-state index contributed by atoms with van der Waals surface area (Å²) in [7, 11) is 1.48. The molecule has 3 aromatic rings. The van der Waals surface area contributed by atoms with Crippen LogP contribution >= 0.6 is 0 Å². The molecule has 1 saturated heterocycles. The van der Waals surface area contributed by atoms with E-state index in [-0.39, 0.29) is 30.3 Å². The molecule has 0 saturated carbocycles. The van der Waals surface area contributed by atoms with Crippen molar-refractivity contribution in [3.05, 3.63) is 75.9 Å². The van der Waals surface area contributed by atoms with Crippen LogP contribution in [0.3, 0.4) is 0 Å². The van der Waals surface area contributed by atoms with Gasteiger partial charge in [-0.1, -0.05) is 30.3 Å². The molecule has 1 unspecified atom stereocenters. The van der Waals surface area contributed by atoms with E-state index in [9.17, 15) is 14.0 Å². The third kappa shape index (κ3) is 4.07. The first-order chi connectivity index (χ1) is 14.6. The zero-order chi connectivity index (χ0) is 21.1. The van der Waals surface area contributed by atoms with E-state index in [2.05, 4.69) is 0 Å². The highest BCUT2D eigenvalue weighted by molar-refractivity contribution is 5.97. The van der Waals surface area contributed by atoms with Crippen molar-refractivity contribution in [2.24, 2.45) is 0 Å². The summed E-state index contributed by atoms with van der Waals surface area (Å²) in [6, 6.07) is 12.9. The Kier molecular flexibility index (Phi) is 5.81. The molecule has 0 spiro atoms. The zero-order valence-corrected chi connectivity index (χ0v) is 16.6. The fourth-order valence-corrected chi connectivity index (χ4v) is 3.68. The molecular weight excluding hydrogens is 389 g/mol. The largest absolute Gasteiger partial charge is 0.493 e. The van der Waals surface area contributed by atoms with Crippen molar-refractivity contribution in [2.45, 2.75) is 25.5 Å². The molecule has 2 heterocycles. The number of fused-ring (bicyclic) bond motifs is 1. The normalized spacial score (nSPS) is 16.0. The highest BCUT2D eigenvalue weighted by Gasteiger charge is 2.27. The smallest absolute Gasteiger partial charge is 0.349 e. The maximum atomic E-state index is 14.2. The summed E-state index contributed by atoms with van der Waals surface area (Å²) < 4.78 is 30.5. The predicted molar refractivity (Wildman–Crippen MR) is 109 cm³/mol. The van der Waals surface area contributed by atoms with E-state index in [1.54, 1.807) is 36.4 Å². The number of rotatable bonds is 6. The zero-order valence-electron chi connectivity index (χ0n) is 16.6. The van der Waals surface area contributed by atoms with Crippen molar-refractivity contribution in [1.82, 2.24) is 4.90 Å². The van der Waals surface area contributed by atoms with Gasteiger partial charge in [-0.15, -0.1) is 0 Å². The van der Waals surface area contributed by atoms with Crippen molar-refractivity contribution in [3.63, 3.8) is 0 Å². The minimum Gasteiger partial charge on any atom is -0.493 e. The van der Waals surface area contributed by atoms with Gasteiger partial charge in [0.1, 0.15) is 11.4 Å². The molecule has 0 aliphatic carbocycles. The van der Waals surface area contributed by atoms with Gasteiger partial charge in [-0.05, 0) is 31.0 Å². The Balaban J connectivity index is 1.70. The van der Waals surface area contributed by atoms with Crippen LogP contribution in [0.1, 0.15) is 28.8 Å². The molecule has 30 heavy (non-hydrogen) atoms. The van der Waals surface area contributed by atoms with Crippen LogP contribution in [0.5, 0.6) is 5.75 Å². The molecule has 0 N–H and O–H groups in total. The summed E-state index contributed by atoms with van der Waals surface area (Å²) in [6.07, 6.45) is 1.57. The number of hydrogen-bond donors (Lipinski definition) is 0. The molecule has 1 aliphatic heterocycles. The number of methoxy groups -OCH3 is 1. The van der Waals surface area contributed by atoms with Gasteiger partial charge in [0.2, 0.25) is 0 Å². The van der Waals surface area contributed by atoms with Gasteiger partial charge in [0.05, 0.1) is 13.2 Å². The standard InChI is InChI=1S/C23H22FNO5/c1-28-20-10-4-7-15-12-18(23(27)30-21(15)20)22(26)25(14-17-8-5-11-29-17)13-16-6-2-3-9-19(16)24/h2-4,6-7,9-10,12,17H,5,8,11,13-14H2,1H3. The number of nitrogens with zero attached hydrogens (tertiary/aromatic N) is 1. The fraction of sp³-hybridized carbons (Fsp3) is 0.304. The van der Waals surface area contributed by atoms with E-state index in [1.165, 1.54) is 24.1 Å². The molecule has 1 fully saturated rings. The fourth-order valence-electron chi connectivity index (χ4n) is 3.68. The van der Waals surface area contributed by atoms with Crippen LogP contribution in [0, 0.1) is 5.82 Å². The average molecular weight is 411 g/mol. The Hall–Kier alpha value is -3.19. The monoisotopic (exact) mass is 411 g/mol. The molecule has 0 bridgehead atoms. The third-order valence-electron chi connectivity index (χ3n) is 5.23. The number of halogens is 1. The number of carbonyl (C=O) groups is 1.